The Kier molecular flexibility index (Phi) is 11.4. The molecule has 0 saturated heterocycles. The van der Waals surface area contributed by atoms with Crippen molar-refractivity contribution in [1.82, 2.24) is 0 Å². The minimum atomic E-state index is -6.88. The molecule has 1 unspecified atom stereocenters. The fourth-order valence-electron chi connectivity index (χ4n) is 9.24. The van der Waals surface area contributed by atoms with Crippen molar-refractivity contribution < 1.29 is 58.8 Å². The second-order valence-electron chi connectivity index (χ2n) is 15.6. The predicted molar refractivity (Wildman–Crippen MR) is 164 cm³/mol. The van der Waals surface area contributed by atoms with Gasteiger partial charge in [0.05, 0.1) is 25.7 Å². The first-order chi connectivity index (χ1) is 22.4. The van der Waals surface area contributed by atoms with Gasteiger partial charge in [-0.15, -0.1) is 0 Å². The number of aromatic hydroxyl groups is 1. The molecule has 0 radical (unpaired) electrons. The third kappa shape index (κ3) is 7.71. The van der Waals surface area contributed by atoms with Crippen LogP contribution in [0.25, 0.3) is 0 Å². The molecule has 282 valence electrons. The van der Waals surface area contributed by atoms with Crippen molar-refractivity contribution in [3.8, 4) is 5.75 Å². The Bertz CT molecular complexity index is 1300. The van der Waals surface area contributed by atoms with E-state index in [2.05, 4.69) is 6.92 Å². The van der Waals surface area contributed by atoms with Gasteiger partial charge in [-0.25, -0.2) is 4.39 Å². The number of hydroxylamine groups is 3. The van der Waals surface area contributed by atoms with Crippen LogP contribution in [0, 0.1) is 34.2 Å². The maximum absolute atomic E-state index is 15.2. The Labute approximate surface area is 281 Å². The molecule has 0 aromatic heterocycles. The lowest BCUT2D eigenvalue weighted by atomic mass is 9.50. The number of rotatable bonds is 15. The molecule has 14 heteroatoms. The van der Waals surface area contributed by atoms with Gasteiger partial charge in [-0.3, -0.25) is 0 Å². The van der Waals surface area contributed by atoms with Gasteiger partial charge in [0, 0.05) is 12.5 Å². The van der Waals surface area contributed by atoms with Gasteiger partial charge in [0.1, 0.15) is 11.6 Å². The summed E-state index contributed by atoms with van der Waals surface area (Å²) in [6.45, 7) is 4.42. The molecular formula is C35H49F10NO3. The van der Waals surface area contributed by atoms with Crippen molar-refractivity contribution in [3.63, 3.8) is 0 Å². The van der Waals surface area contributed by atoms with E-state index in [4.69, 9.17) is 0 Å². The van der Waals surface area contributed by atoms with Gasteiger partial charge in [-0.2, -0.15) is 39.5 Å². The molecule has 1 aromatic rings. The first kappa shape index (κ1) is 40.0. The lowest BCUT2D eigenvalue weighted by Crippen LogP contribution is -2.60. The van der Waals surface area contributed by atoms with E-state index in [-0.39, 0.29) is 73.0 Å². The van der Waals surface area contributed by atoms with Gasteiger partial charge in [-0.05, 0) is 124 Å². The highest BCUT2D eigenvalue weighted by Gasteiger charge is 2.81. The van der Waals surface area contributed by atoms with E-state index in [1.54, 1.807) is 6.07 Å². The van der Waals surface area contributed by atoms with E-state index in [9.17, 15) is 54.9 Å². The first-order valence-electron chi connectivity index (χ1n) is 17.4. The average Bonchev–Trinajstić information content (AvgIpc) is 3.21. The summed E-state index contributed by atoms with van der Waals surface area (Å²) in [5.74, 6) is -18.9. The smallest absolute Gasteiger partial charge is 0.460 e. The third-order valence-corrected chi connectivity index (χ3v) is 12.3. The molecule has 49 heavy (non-hydrogen) atoms. The predicted octanol–water partition coefficient (Wildman–Crippen LogP) is 10.3. The molecule has 2 N–H and O–H groups in total. The number of fused-ring (bicyclic) bond motifs is 5. The van der Waals surface area contributed by atoms with E-state index in [1.165, 1.54) is 13.1 Å². The number of hydrogen-bond donors (Lipinski definition) is 2. The zero-order valence-electron chi connectivity index (χ0n) is 28.3. The Morgan fingerprint density at radius 3 is 2.04 bits per heavy atom. The number of unbranched alkanes of at least 4 members (excludes halogenated alkanes) is 5. The van der Waals surface area contributed by atoms with Crippen LogP contribution in [0.15, 0.2) is 12.1 Å². The molecule has 0 bridgehead atoms. The van der Waals surface area contributed by atoms with Crippen LogP contribution < -0.4 is 0 Å². The van der Waals surface area contributed by atoms with Crippen LogP contribution in [0.5, 0.6) is 5.75 Å². The van der Waals surface area contributed by atoms with Crippen molar-refractivity contribution in [2.45, 2.75) is 139 Å². The van der Waals surface area contributed by atoms with E-state index in [0.717, 1.165) is 44.1 Å². The minimum absolute atomic E-state index is 0.00600. The lowest BCUT2D eigenvalue weighted by molar-refractivity contribution is -0.861. The lowest BCUT2D eigenvalue weighted by Gasteiger charge is -2.55. The molecule has 2 fully saturated rings. The Balaban J connectivity index is 1.23. The molecule has 3 aliphatic rings. The van der Waals surface area contributed by atoms with E-state index in [1.807, 2.05) is 6.92 Å². The molecule has 2 saturated carbocycles. The monoisotopic (exact) mass is 721 g/mol. The van der Waals surface area contributed by atoms with E-state index < -0.39 is 47.0 Å². The normalized spacial score (nSPS) is 30.4. The maximum atomic E-state index is 15.2. The number of aliphatic hydroxyl groups is 1. The van der Waals surface area contributed by atoms with Gasteiger partial charge in [-0.1, -0.05) is 19.8 Å². The summed E-state index contributed by atoms with van der Waals surface area (Å²) in [5.41, 5.74) is 0.456. The Morgan fingerprint density at radius 2 is 1.43 bits per heavy atom. The quantitative estimate of drug-likeness (QED) is 0.0821. The number of phenols is 1. The van der Waals surface area contributed by atoms with Crippen LogP contribution in [0.2, 0.25) is 0 Å². The second-order valence-corrected chi connectivity index (χ2v) is 15.6. The number of benzene rings is 1. The van der Waals surface area contributed by atoms with Crippen molar-refractivity contribution in [1.29, 1.82) is 0 Å². The average molecular weight is 722 g/mol. The maximum Gasteiger partial charge on any atom is 0.460 e. The summed E-state index contributed by atoms with van der Waals surface area (Å²) in [4.78, 5) is 0. The van der Waals surface area contributed by atoms with E-state index >= 15 is 4.39 Å². The fraction of sp³-hybridized carbons (Fsp3) is 0.829. The number of alkyl halides is 9. The van der Waals surface area contributed by atoms with Crippen LogP contribution in [-0.4, -0.2) is 64.5 Å². The summed E-state index contributed by atoms with van der Waals surface area (Å²) >= 11 is 0. The van der Waals surface area contributed by atoms with Gasteiger partial charge in [0.2, 0.25) is 0 Å². The van der Waals surface area contributed by atoms with Gasteiger partial charge in [0.15, 0.2) is 0 Å². The Morgan fingerprint density at radius 1 is 0.837 bits per heavy atom. The second kappa shape index (κ2) is 14.0. The zero-order chi connectivity index (χ0) is 36.8. The van der Waals surface area contributed by atoms with Crippen LogP contribution >= 0.6 is 0 Å². The standard InChI is InChI=1S/C35H49F10NO3/c1-30-15-12-25-28(26(30)13-16-31(30,2)48)22(19-23-20-24(47)21-27(36)29(23)25)11-7-6-10-18-46(3,49)17-9-5-4-8-14-32(37,38)33(39,40)34(41,42)35(43,44)45/h20-22,25-26,28,47-48H,4-19H2,1-3H3/t22-,25+,26+,28-,30+,31+,46?/m1/s1. The summed E-state index contributed by atoms with van der Waals surface area (Å²) < 4.78 is 132. The summed E-state index contributed by atoms with van der Waals surface area (Å²) in [6.07, 6.45) is -2.43. The molecular weight excluding hydrogens is 672 g/mol. The van der Waals surface area contributed by atoms with Crippen molar-refractivity contribution in [2.24, 2.45) is 23.2 Å². The summed E-state index contributed by atoms with van der Waals surface area (Å²) in [5, 5.41) is 34.4. The van der Waals surface area contributed by atoms with Gasteiger partial charge >= 0.3 is 23.9 Å². The molecule has 4 nitrogen and oxygen atoms in total. The van der Waals surface area contributed by atoms with Crippen LogP contribution in [0.4, 0.5) is 43.9 Å². The fourth-order valence-corrected chi connectivity index (χ4v) is 9.24. The third-order valence-electron chi connectivity index (χ3n) is 12.3. The number of phenolic OH excluding ortho intramolecular Hbond substituents is 1. The number of halogens is 10. The molecule has 0 spiro atoms. The zero-order valence-corrected chi connectivity index (χ0v) is 28.3. The highest BCUT2D eigenvalue weighted by Crippen LogP contribution is 2.66. The SMILES string of the molecule is C[C@]1(O)CC[C@H]2[C@@H]3[C@H](CCCCC[N+](C)([O-])CCCCCCC(F)(F)C(F)(F)C(F)(F)C(F)(F)F)Cc4cc(O)cc(F)c4[C@H]3CC[C@@]21C. The molecule has 1 aromatic carbocycles. The molecule has 0 aliphatic heterocycles. The number of hydrogen-bond acceptors (Lipinski definition) is 3. The highest BCUT2D eigenvalue weighted by molar-refractivity contribution is 5.42. The highest BCUT2D eigenvalue weighted by atomic mass is 19.4. The van der Waals surface area contributed by atoms with Crippen LogP contribution in [0.3, 0.4) is 0 Å². The molecule has 7 atom stereocenters. The van der Waals surface area contributed by atoms with Crippen LogP contribution in [-0.2, 0) is 6.42 Å². The molecule has 0 heterocycles. The van der Waals surface area contributed by atoms with Gasteiger partial charge < -0.3 is 20.1 Å². The molecule has 0 amide bonds. The van der Waals surface area contributed by atoms with Crippen LogP contribution in [0.1, 0.15) is 114 Å². The van der Waals surface area contributed by atoms with Crippen molar-refractivity contribution in [3.05, 3.63) is 34.3 Å². The van der Waals surface area contributed by atoms with Crippen molar-refractivity contribution >= 4 is 0 Å². The number of quaternary nitrogens is 1. The Hall–Kier alpha value is -1.80. The van der Waals surface area contributed by atoms with Crippen molar-refractivity contribution in [2.75, 3.05) is 20.1 Å². The topological polar surface area (TPSA) is 63.5 Å². The minimum Gasteiger partial charge on any atom is -0.633 e. The first-order valence-corrected chi connectivity index (χ1v) is 17.4. The summed E-state index contributed by atoms with van der Waals surface area (Å²) in [6, 6.07) is 2.84. The molecule has 4 rings (SSSR count). The van der Waals surface area contributed by atoms with Gasteiger partial charge in [0.25, 0.3) is 0 Å². The van der Waals surface area contributed by atoms with E-state index in [0.29, 0.717) is 24.8 Å². The number of nitrogens with zero attached hydrogens (tertiary/aromatic N) is 1. The molecule has 3 aliphatic carbocycles. The largest absolute Gasteiger partial charge is 0.633 e. The summed E-state index contributed by atoms with van der Waals surface area (Å²) in [7, 11) is 1.45.